The summed E-state index contributed by atoms with van der Waals surface area (Å²) in [6, 6.07) is 1.43. The van der Waals surface area contributed by atoms with E-state index in [4.69, 9.17) is 9.84 Å². The third-order valence-electron chi connectivity index (χ3n) is 2.27. The number of methoxy groups -OCH3 is 1. The Morgan fingerprint density at radius 2 is 2.00 bits per heavy atom. The van der Waals surface area contributed by atoms with Crippen molar-refractivity contribution in [3.8, 4) is 17.2 Å². The van der Waals surface area contributed by atoms with Gasteiger partial charge in [-0.2, -0.15) is 0 Å². The van der Waals surface area contributed by atoms with Crippen molar-refractivity contribution >= 4 is 5.97 Å². The van der Waals surface area contributed by atoms with Crippen LogP contribution in [0.5, 0.6) is 17.2 Å². The van der Waals surface area contributed by atoms with E-state index in [-0.39, 0.29) is 11.3 Å². The maximum Gasteiger partial charge on any atom is 0.339 e. The second-order valence-corrected chi connectivity index (χ2v) is 3.37. The van der Waals surface area contributed by atoms with Gasteiger partial charge < -0.3 is 20.1 Å². The Labute approximate surface area is 92.9 Å². The molecule has 0 fully saturated rings. The molecule has 0 spiro atoms. The molecule has 0 saturated carbocycles. The molecule has 0 heterocycles. The molecule has 0 aliphatic carbocycles. The van der Waals surface area contributed by atoms with Gasteiger partial charge in [-0.25, -0.2) is 4.79 Å². The molecule has 0 radical (unpaired) electrons. The topological polar surface area (TPSA) is 87.0 Å². The van der Waals surface area contributed by atoms with Crippen molar-refractivity contribution in [3.63, 3.8) is 0 Å². The first-order valence-electron chi connectivity index (χ1n) is 4.88. The predicted molar refractivity (Wildman–Crippen MR) is 57.3 cm³/mol. The smallest absolute Gasteiger partial charge is 0.339 e. The van der Waals surface area contributed by atoms with Crippen LogP contribution in [0.4, 0.5) is 0 Å². The summed E-state index contributed by atoms with van der Waals surface area (Å²) in [4.78, 5) is 11.0. The van der Waals surface area contributed by atoms with Crippen molar-refractivity contribution < 1.29 is 24.9 Å². The summed E-state index contributed by atoms with van der Waals surface area (Å²) < 4.78 is 4.84. The average molecular weight is 226 g/mol. The van der Waals surface area contributed by atoms with Crippen LogP contribution in [0.2, 0.25) is 0 Å². The molecule has 16 heavy (non-hydrogen) atoms. The quantitative estimate of drug-likeness (QED) is 0.681. The van der Waals surface area contributed by atoms with Gasteiger partial charge >= 0.3 is 5.97 Å². The minimum Gasteiger partial charge on any atom is -0.504 e. The number of benzene rings is 1. The number of hydrogen-bond acceptors (Lipinski definition) is 4. The van der Waals surface area contributed by atoms with Gasteiger partial charge in [0.1, 0.15) is 5.56 Å². The Morgan fingerprint density at radius 3 is 2.44 bits per heavy atom. The van der Waals surface area contributed by atoms with E-state index in [0.29, 0.717) is 12.0 Å². The number of aromatic hydroxyl groups is 2. The van der Waals surface area contributed by atoms with Crippen LogP contribution < -0.4 is 4.74 Å². The lowest BCUT2D eigenvalue weighted by molar-refractivity contribution is 0.0691. The van der Waals surface area contributed by atoms with Gasteiger partial charge in [0.05, 0.1) is 7.11 Å². The Bertz CT molecular complexity index is 411. The molecule has 0 saturated heterocycles. The Kier molecular flexibility index (Phi) is 3.60. The fraction of sp³-hybridized carbons (Fsp3) is 0.364. The molecule has 0 atom stereocenters. The van der Waals surface area contributed by atoms with Crippen LogP contribution in [0.3, 0.4) is 0 Å². The number of phenolic OH excluding ortho intramolecular Hbond substituents is 1. The van der Waals surface area contributed by atoms with E-state index in [1.54, 1.807) is 0 Å². The van der Waals surface area contributed by atoms with Gasteiger partial charge in [0.2, 0.25) is 5.75 Å². The molecule has 88 valence electrons. The van der Waals surface area contributed by atoms with E-state index in [1.807, 2.05) is 6.92 Å². The largest absolute Gasteiger partial charge is 0.504 e. The van der Waals surface area contributed by atoms with Crippen molar-refractivity contribution in [3.05, 3.63) is 17.2 Å². The molecule has 5 heteroatoms. The van der Waals surface area contributed by atoms with Crippen molar-refractivity contribution in [1.29, 1.82) is 0 Å². The molecule has 3 N–H and O–H groups in total. The molecule has 0 bridgehead atoms. The zero-order valence-corrected chi connectivity index (χ0v) is 9.15. The van der Waals surface area contributed by atoms with Gasteiger partial charge in [-0.15, -0.1) is 0 Å². The SMILES string of the molecule is CCCc1cc(OC)c(O)c(O)c1C(=O)O. The first-order valence-corrected chi connectivity index (χ1v) is 4.88. The summed E-state index contributed by atoms with van der Waals surface area (Å²) >= 11 is 0. The molecule has 1 aromatic carbocycles. The van der Waals surface area contributed by atoms with E-state index in [2.05, 4.69) is 0 Å². The fourth-order valence-electron chi connectivity index (χ4n) is 1.55. The van der Waals surface area contributed by atoms with Crippen LogP contribution in [-0.2, 0) is 6.42 Å². The number of ether oxygens (including phenoxy) is 1. The Balaban J connectivity index is 3.45. The number of carboxylic acids is 1. The molecule has 1 rings (SSSR count). The van der Waals surface area contributed by atoms with Crippen LogP contribution in [0.1, 0.15) is 29.3 Å². The molecule has 0 unspecified atom stereocenters. The van der Waals surface area contributed by atoms with E-state index in [0.717, 1.165) is 6.42 Å². The van der Waals surface area contributed by atoms with Crippen molar-refractivity contribution in [1.82, 2.24) is 0 Å². The van der Waals surface area contributed by atoms with Gasteiger partial charge in [-0.05, 0) is 18.1 Å². The van der Waals surface area contributed by atoms with Crippen LogP contribution in [0, 0.1) is 0 Å². The second kappa shape index (κ2) is 4.74. The fourth-order valence-corrected chi connectivity index (χ4v) is 1.55. The molecule has 1 aromatic rings. The first-order chi connectivity index (χ1) is 7.52. The van der Waals surface area contributed by atoms with Gasteiger partial charge in [0, 0.05) is 0 Å². The van der Waals surface area contributed by atoms with E-state index < -0.39 is 17.5 Å². The lowest BCUT2D eigenvalue weighted by atomic mass is 10.0. The number of phenols is 2. The van der Waals surface area contributed by atoms with E-state index in [1.165, 1.54) is 13.2 Å². The van der Waals surface area contributed by atoms with Gasteiger partial charge in [-0.1, -0.05) is 13.3 Å². The molecule has 0 aliphatic heterocycles. The first kappa shape index (κ1) is 12.2. The molecular weight excluding hydrogens is 212 g/mol. The molecule has 0 amide bonds. The third kappa shape index (κ3) is 2.03. The Morgan fingerprint density at radius 1 is 1.38 bits per heavy atom. The molecular formula is C11H14O5. The van der Waals surface area contributed by atoms with Gasteiger partial charge in [0.25, 0.3) is 0 Å². The van der Waals surface area contributed by atoms with Crippen molar-refractivity contribution in [2.75, 3.05) is 7.11 Å². The highest BCUT2D eigenvalue weighted by molar-refractivity contribution is 5.94. The maximum atomic E-state index is 11.0. The summed E-state index contributed by atoms with van der Waals surface area (Å²) in [6.45, 7) is 1.89. The van der Waals surface area contributed by atoms with Crippen LogP contribution >= 0.6 is 0 Å². The van der Waals surface area contributed by atoms with E-state index in [9.17, 15) is 15.0 Å². The maximum absolute atomic E-state index is 11.0. The monoisotopic (exact) mass is 226 g/mol. The number of rotatable bonds is 4. The second-order valence-electron chi connectivity index (χ2n) is 3.37. The standard InChI is InChI=1S/C11H14O5/c1-3-4-6-5-7(16-2)9(12)10(13)8(6)11(14)15/h5,12-13H,3-4H2,1-2H3,(H,14,15). The zero-order valence-electron chi connectivity index (χ0n) is 9.15. The normalized spacial score (nSPS) is 10.1. The number of aromatic carboxylic acids is 1. The highest BCUT2D eigenvalue weighted by Gasteiger charge is 2.22. The number of aryl methyl sites for hydroxylation is 1. The lowest BCUT2D eigenvalue weighted by Gasteiger charge is -2.12. The Hall–Kier alpha value is -1.91. The van der Waals surface area contributed by atoms with Gasteiger partial charge in [-0.3, -0.25) is 0 Å². The number of carboxylic acid groups (broad SMARTS) is 1. The average Bonchev–Trinajstić information content (AvgIpc) is 2.23. The molecule has 5 nitrogen and oxygen atoms in total. The van der Waals surface area contributed by atoms with Crippen LogP contribution in [-0.4, -0.2) is 28.4 Å². The minimum absolute atomic E-state index is 0.0750. The zero-order chi connectivity index (χ0) is 12.3. The highest BCUT2D eigenvalue weighted by Crippen LogP contribution is 2.40. The minimum atomic E-state index is -1.26. The molecule has 0 aromatic heterocycles. The summed E-state index contributed by atoms with van der Waals surface area (Å²) in [6.07, 6.45) is 1.22. The van der Waals surface area contributed by atoms with Gasteiger partial charge in [0.15, 0.2) is 11.5 Å². The summed E-state index contributed by atoms with van der Waals surface area (Å²) in [5.41, 5.74) is 0.183. The van der Waals surface area contributed by atoms with Crippen LogP contribution in [0.25, 0.3) is 0 Å². The lowest BCUT2D eigenvalue weighted by Crippen LogP contribution is -2.04. The number of hydrogen-bond donors (Lipinski definition) is 3. The van der Waals surface area contributed by atoms with E-state index >= 15 is 0 Å². The number of carbonyl (C=O) groups is 1. The van der Waals surface area contributed by atoms with Crippen molar-refractivity contribution in [2.24, 2.45) is 0 Å². The summed E-state index contributed by atoms with van der Waals surface area (Å²) in [5, 5.41) is 28.0. The highest BCUT2D eigenvalue weighted by atomic mass is 16.5. The van der Waals surface area contributed by atoms with Crippen LogP contribution in [0.15, 0.2) is 6.07 Å². The summed E-state index contributed by atoms with van der Waals surface area (Å²) in [7, 11) is 1.34. The van der Waals surface area contributed by atoms with Crippen molar-refractivity contribution in [2.45, 2.75) is 19.8 Å². The summed E-state index contributed by atoms with van der Waals surface area (Å²) in [5.74, 6) is -2.38. The predicted octanol–water partition coefficient (Wildman–Crippen LogP) is 1.76. The third-order valence-corrected chi connectivity index (χ3v) is 2.27. The molecule has 0 aliphatic rings.